The van der Waals surface area contributed by atoms with Crippen LogP contribution in [0.1, 0.15) is 56.7 Å². The predicted molar refractivity (Wildman–Crippen MR) is 87.6 cm³/mol. The normalized spacial score (nSPS) is 32.0. The molecular formula is C18H24N4O3. The number of hydrogen-bond acceptors (Lipinski definition) is 5. The first kappa shape index (κ1) is 15.3. The molecule has 134 valence electrons. The lowest BCUT2D eigenvalue weighted by Gasteiger charge is -2.39. The summed E-state index contributed by atoms with van der Waals surface area (Å²) in [5.41, 5.74) is -0.139. The fourth-order valence-corrected chi connectivity index (χ4v) is 4.89. The molecule has 5 rings (SSSR count). The third kappa shape index (κ3) is 2.31. The number of carbonyl (C=O) groups is 2. The molecule has 3 heterocycles. The van der Waals surface area contributed by atoms with Crippen molar-refractivity contribution < 1.29 is 14.0 Å². The molecule has 7 heteroatoms. The minimum absolute atomic E-state index is 0.0375. The summed E-state index contributed by atoms with van der Waals surface area (Å²) in [5.74, 6) is 2.63. The zero-order valence-electron chi connectivity index (χ0n) is 14.6. The lowest BCUT2D eigenvalue weighted by atomic mass is 9.80. The van der Waals surface area contributed by atoms with Crippen molar-refractivity contribution in [1.82, 2.24) is 20.0 Å². The summed E-state index contributed by atoms with van der Waals surface area (Å²) < 4.78 is 6.06. The van der Waals surface area contributed by atoms with Gasteiger partial charge < -0.3 is 14.2 Å². The lowest BCUT2D eigenvalue weighted by molar-refractivity contribution is -0.146. The highest BCUT2D eigenvalue weighted by Gasteiger charge is 2.56. The van der Waals surface area contributed by atoms with Crippen LogP contribution in [0.25, 0.3) is 0 Å². The van der Waals surface area contributed by atoms with E-state index in [1.165, 1.54) is 0 Å². The molecule has 25 heavy (non-hydrogen) atoms. The molecule has 2 amide bonds. The maximum atomic E-state index is 12.8. The maximum absolute atomic E-state index is 12.8. The van der Waals surface area contributed by atoms with Gasteiger partial charge in [0.1, 0.15) is 0 Å². The van der Waals surface area contributed by atoms with Gasteiger partial charge in [-0.05, 0) is 31.6 Å². The Labute approximate surface area is 146 Å². The van der Waals surface area contributed by atoms with Crippen molar-refractivity contribution in [3.05, 3.63) is 11.8 Å². The SMILES string of the molecule is CC(=O)N1CC(C(=O)N2C[C@@H]3CCC[C@]3(c3nnc(C4CC4)o3)C2)C1. The zero-order valence-corrected chi connectivity index (χ0v) is 14.6. The van der Waals surface area contributed by atoms with Crippen LogP contribution in [-0.4, -0.2) is 58.0 Å². The van der Waals surface area contributed by atoms with Gasteiger partial charge in [-0.2, -0.15) is 0 Å². The molecule has 0 bridgehead atoms. The summed E-state index contributed by atoms with van der Waals surface area (Å²) in [6, 6.07) is 0. The molecule has 4 aliphatic rings. The summed E-state index contributed by atoms with van der Waals surface area (Å²) in [6.07, 6.45) is 5.61. The largest absolute Gasteiger partial charge is 0.424 e. The van der Waals surface area contributed by atoms with Crippen LogP contribution >= 0.6 is 0 Å². The van der Waals surface area contributed by atoms with E-state index in [4.69, 9.17) is 4.42 Å². The lowest BCUT2D eigenvalue weighted by Crippen LogP contribution is -2.55. The van der Waals surface area contributed by atoms with Gasteiger partial charge in [0.15, 0.2) is 0 Å². The standard InChI is InChI=1S/C18H24N4O3/c1-11(23)21-7-13(8-21)16(24)22-9-14-3-2-6-18(14,10-22)17-20-19-15(25-17)12-4-5-12/h12-14H,2-10H2,1H3/t14-,18-/m0/s1. The Balaban J connectivity index is 1.33. The summed E-state index contributed by atoms with van der Waals surface area (Å²) in [5, 5.41) is 8.67. The van der Waals surface area contributed by atoms with Crippen LogP contribution in [0.5, 0.6) is 0 Å². The smallest absolute Gasteiger partial charge is 0.229 e. The van der Waals surface area contributed by atoms with Crippen molar-refractivity contribution in [3.8, 4) is 0 Å². The van der Waals surface area contributed by atoms with E-state index >= 15 is 0 Å². The summed E-state index contributed by atoms with van der Waals surface area (Å²) in [6.45, 7) is 4.17. The molecule has 0 N–H and O–H groups in total. The molecule has 1 aromatic rings. The van der Waals surface area contributed by atoms with Gasteiger partial charge in [0.2, 0.25) is 23.6 Å². The van der Waals surface area contributed by atoms with Crippen molar-refractivity contribution in [2.45, 2.75) is 50.4 Å². The molecule has 0 radical (unpaired) electrons. The van der Waals surface area contributed by atoms with Crippen molar-refractivity contribution in [2.75, 3.05) is 26.2 Å². The van der Waals surface area contributed by atoms with Gasteiger partial charge >= 0.3 is 0 Å². The van der Waals surface area contributed by atoms with Gasteiger partial charge in [-0.25, -0.2) is 0 Å². The molecule has 2 saturated heterocycles. The number of hydrogen-bond donors (Lipinski definition) is 0. The van der Waals surface area contributed by atoms with E-state index < -0.39 is 0 Å². The van der Waals surface area contributed by atoms with Crippen LogP contribution in [-0.2, 0) is 15.0 Å². The van der Waals surface area contributed by atoms with E-state index in [9.17, 15) is 9.59 Å². The second-order valence-electron chi connectivity index (χ2n) is 8.30. The summed E-state index contributed by atoms with van der Waals surface area (Å²) in [7, 11) is 0. The quantitative estimate of drug-likeness (QED) is 0.826. The first-order valence-electron chi connectivity index (χ1n) is 9.45. The average Bonchev–Trinajstić information content (AvgIpc) is 2.96. The molecule has 0 spiro atoms. The highest BCUT2D eigenvalue weighted by Crippen LogP contribution is 2.51. The Morgan fingerprint density at radius 1 is 1.12 bits per heavy atom. The highest BCUT2D eigenvalue weighted by molar-refractivity contribution is 5.84. The first-order valence-corrected chi connectivity index (χ1v) is 9.45. The van der Waals surface area contributed by atoms with Crippen LogP contribution in [0.15, 0.2) is 4.42 Å². The first-order chi connectivity index (χ1) is 12.1. The summed E-state index contributed by atoms with van der Waals surface area (Å²) >= 11 is 0. The number of rotatable bonds is 3. The van der Waals surface area contributed by atoms with Gasteiger partial charge in [0.25, 0.3) is 0 Å². The topological polar surface area (TPSA) is 79.5 Å². The Kier molecular flexibility index (Phi) is 3.24. The third-order valence-corrected chi connectivity index (χ3v) is 6.65. The molecule has 2 atom stereocenters. The van der Waals surface area contributed by atoms with Crippen molar-refractivity contribution in [3.63, 3.8) is 0 Å². The molecule has 7 nitrogen and oxygen atoms in total. The van der Waals surface area contributed by atoms with E-state index in [-0.39, 0.29) is 23.1 Å². The van der Waals surface area contributed by atoms with Crippen LogP contribution in [0, 0.1) is 11.8 Å². The minimum atomic E-state index is -0.139. The molecule has 2 aliphatic carbocycles. The van der Waals surface area contributed by atoms with Gasteiger partial charge in [-0.1, -0.05) is 6.42 Å². The molecule has 2 saturated carbocycles. The number of carbonyl (C=O) groups excluding carboxylic acids is 2. The monoisotopic (exact) mass is 344 g/mol. The number of fused-ring (bicyclic) bond motifs is 1. The molecule has 0 unspecified atom stereocenters. The summed E-state index contributed by atoms with van der Waals surface area (Å²) in [4.78, 5) is 27.9. The number of aromatic nitrogens is 2. The number of likely N-dealkylation sites (tertiary alicyclic amines) is 2. The Bertz CT molecular complexity index is 722. The van der Waals surface area contributed by atoms with Crippen LogP contribution in [0.4, 0.5) is 0 Å². The number of amides is 2. The fraction of sp³-hybridized carbons (Fsp3) is 0.778. The van der Waals surface area contributed by atoms with Crippen molar-refractivity contribution in [2.24, 2.45) is 11.8 Å². The number of nitrogens with zero attached hydrogens (tertiary/aromatic N) is 4. The second-order valence-corrected chi connectivity index (χ2v) is 8.30. The molecular weight excluding hydrogens is 320 g/mol. The van der Waals surface area contributed by atoms with Gasteiger partial charge in [-0.15, -0.1) is 10.2 Å². The Morgan fingerprint density at radius 2 is 1.92 bits per heavy atom. The van der Waals surface area contributed by atoms with Crippen molar-refractivity contribution >= 4 is 11.8 Å². The van der Waals surface area contributed by atoms with Crippen LogP contribution in [0.2, 0.25) is 0 Å². The van der Waals surface area contributed by atoms with Crippen LogP contribution in [0.3, 0.4) is 0 Å². The van der Waals surface area contributed by atoms with E-state index in [2.05, 4.69) is 10.2 Å². The van der Waals surface area contributed by atoms with Gasteiger partial charge in [0, 0.05) is 39.0 Å². The van der Waals surface area contributed by atoms with Gasteiger partial charge in [-0.3, -0.25) is 9.59 Å². The highest BCUT2D eigenvalue weighted by atomic mass is 16.4. The van der Waals surface area contributed by atoms with E-state index in [1.54, 1.807) is 11.8 Å². The second kappa shape index (κ2) is 5.29. The predicted octanol–water partition coefficient (Wildman–Crippen LogP) is 1.31. The zero-order chi connectivity index (χ0) is 17.2. The van der Waals surface area contributed by atoms with E-state index in [0.29, 0.717) is 31.5 Å². The Hall–Kier alpha value is -1.92. The van der Waals surface area contributed by atoms with E-state index in [0.717, 1.165) is 50.4 Å². The average molecular weight is 344 g/mol. The third-order valence-electron chi connectivity index (χ3n) is 6.65. The van der Waals surface area contributed by atoms with Crippen LogP contribution < -0.4 is 0 Å². The molecule has 2 aliphatic heterocycles. The molecule has 0 aromatic carbocycles. The minimum Gasteiger partial charge on any atom is -0.424 e. The van der Waals surface area contributed by atoms with E-state index in [1.807, 2.05) is 4.90 Å². The Morgan fingerprint density at radius 3 is 2.64 bits per heavy atom. The fourth-order valence-electron chi connectivity index (χ4n) is 4.89. The van der Waals surface area contributed by atoms with Crippen molar-refractivity contribution in [1.29, 1.82) is 0 Å². The molecule has 4 fully saturated rings. The van der Waals surface area contributed by atoms with Gasteiger partial charge in [0.05, 0.1) is 11.3 Å². The molecule has 1 aromatic heterocycles. The maximum Gasteiger partial charge on any atom is 0.229 e.